The van der Waals surface area contributed by atoms with Gasteiger partial charge in [0.1, 0.15) is 0 Å². The lowest BCUT2D eigenvalue weighted by molar-refractivity contribution is 0.0775. The van der Waals surface area contributed by atoms with E-state index in [0.717, 1.165) is 157 Å². The van der Waals surface area contributed by atoms with Gasteiger partial charge in [-0.1, -0.05) is 274 Å². The summed E-state index contributed by atoms with van der Waals surface area (Å²) >= 11 is 0. The van der Waals surface area contributed by atoms with Crippen molar-refractivity contribution >= 4 is 35.4 Å². The molecule has 2 saturated carbocycles. The van der Waals surface area contributed by atoms with Gasteiger partial charge in [-0.05, 0) is 281 Å². The molecule has 2 fully saturated rings. The zero-order valence-electron chi connectivity index (χ0n) is 80.1. The third kappa shape index (κ3) is 39.8. The first kappa shape index (κ1) is 104. The van der Waals surface area contributed by atoms with E-state index in [4.69, 9.17) is 0 Å². The topological polar surface area (TPSA) is 148 Å². The van der Waals surface area contributed by atoms with Crippen LogP contribution in [0.15, 0.2) is 328 Å². The van der Waals surface area contributed by atoms with Crippen molar-refractivity contribution in [2.75, 3.05) is 47.3 Å². The van der Waals surface area contributed by atoms with E-state index >= 15 is 0 Å². The Bertz CT molecular complexity index is 6060. The molecule has 2 aliphatic rings. The zero-order chi connectivity index (χ0) is 96.0. The van der Waals surface area contributed by atoms with Crippen molar-refractivity contribution in [2.24, 2.45) is 11.3 Å². The van der Waals surface area contributed by atoms with Crippen LogP contribution in [0.3, 0.4) is 0 Å². The molecule has 0 saturated heterocycles. The number of benzene rings is 12. The number of nitrogens with zero attached hydrogens (tertiary/aromatic N) is 3. The molecule has 12 nitrogen and oxygen atoms in total. The molecule has 686 valence electrons. The van der Waals surface area contributed by atoms with E-state index in [1.165, 1.54) is 32.1 Å². The van der Waals surface area contributed by atoms with Gasteiger partial charge in [0.25, 0.3) is 35.4 Å². The molecule has 0 bridgehead atoms. The number of hydrogen-bond donors (Lipinski definition) is 3. The van der Waals surface area contributed by atoms with E-state index < -0.39 is 0 Å². The number of carbonyl (C=O) groups excluding carboxylic acids is 6. The Morgan fingerprint density at radius 1 is 0.289 bits per heavy atom. The average Bonchev–Trinajstić information content (AvgIpc) is 1.26. The van der Waals surface area contributed by atoms with Crippen LogP contribution in [0.25, 0.3) is 0 Å². The maximum Gasteiger partial charge on any atom is 0.253 e. The van der Waals surface area contributed by atoms with E-state index in [2.05, 4.69) is 135 Å². The smallest absolute Gasteiger partial charge is 0.253 e. The second-order valence-corrected chi connectivity index (χ2v) is 35.1. The van der Waals surface area contributed by atoms with Gasteiger partial charge in [-0.15, -0.1) is 0 Å². The highest BCUT2D eigenvalue weighted by Crippen LogP contribution is 2.23. The van der Waals surface area contributed by atoms with E-state index in [-0.39, 0.29) is 40.9 Å². The summed E-state index contributed by atoms with van der Waals surface area (Å²) < 4.78 is 0. The van der Waals surface area contributed by atoms with E-state index in [1.807, 2.05) is 349 Å². The maximum atomic E-state index is 12.4. The van der Waals surface area contributed by atoms with Crippen molar-refractivity contribution in [1.29, 1.82) is 0 Å². The number of nitrogens with one attached hydrogen (secondary N) is 3. The summed E-state index contributed by atoms with van der Waals surface area (Å²) in [6, 6.07) is 105. The fraction of sp³-hybridized carbons (Fsp3) is 0.268. The van der Waals surface area contributed by atoms with Gasteiger partial charge < -0.3 is 30.7 Å². The lowest BCUT2D eigenvalue weighted by Gasteiger charge is -2.23. The quantitative estimate of drug-likeness (QED) is 0.0542. The zero-order valence-corrected chi connectivity index (χ0v) is 80.1. The van der Waals surface area contributed by atoms with Crippen LogP contribution in [-0.2, 0) is 0 Å². The second-order valence-electron chi connectivity index (χ2n) is 35.1. The average molecular weight is 1790 g/mol. The van der Waals surface area contributed by atoms with Crippen LogP contribution in [0.4, 0.5) is 0 Å². The third-order valence-electron chi connectivity index (χ3n) is 22.1. The Morgan fingerprint density at radius 2 is 0.519 bits per heavy atom. The minimum Gasteiger partial charge on any atom is -0.352 e. The summed E-state index contributed by atoms with van der Waals surface area (Å²) in [5, 5.41) is 9.17. The highest BCUT2D eigenvalue weighted by Gasteiger charge is 2.21. The van der Waals surface area contributed by atoms with Gasteiger partial charge in [0.05, 0.1) is 0 Å². The number of carbonyl (C=O) groups is 6. The van der Waals surface area contributed by atoms with Gasteiger partial charge in [-0.3, -0.25) is 28.8 Å². The first-order valence-electron chi connectivity index (χ1n) is 47.2. The minimum absolute atomic E-state index is 0.0151. The van der Waals surface area contributed by atoms with Crippen LogP contribution in [0.2, 0.25) is 0 Å². The lowest BCUT2D eigenvalue weighted by atomic mass is 9.92. The van der Waals surface area contributed by atoms with Crippen LogP contribution >= 0.6 is 0 Å². The second kappa shape index (κ2) is 57.9. The van der Waals surface area contributed by atoms with Crippen LogP contribution < -0.4 is 16.0 Å². The lowest BCUT2D eigenvalue weighted by Crippen LogP contribution is -2.36. The molecule has 6 amide bonds. The molecule has 0 radical (unpaired) electrons. The van der Waals surface area contributed by atoms with Crippen LogP contribution in [0.1, 0.15) is 274 Å². The number of hydrogen-bond acceptors (Lipinski definition) is 6. The predicted molar refractivity (Wildman–Crippen MR) is 554 cm³/mol. The van der Waals surface area contributed by atoms with Gasteiger partial charge in [-0.2, -0.15) is 0 Å². The molecule has 0 heterocycles. The van der Waals surface area contributed by atoms with Crippen LogP contribution in [0.5, 0.6) is 0 Å². The molecule has 12 aromatic carbocycles. The molecule has 2 aliphatic carbocycles. The number of rotatable bonds is 19. The third-order valence-corrected chi connectivity index (χ3v) is 22.1. The Morgan fingerprint density at radius 3 is 0.763 bits per heavy atom. The van der Waals surface area contributed by atoms with Crippen molar-refractivity contribution in [1.82, 2.24) is 30.7 Å². The molecule has 0 spiro atoms. The fourth-order valence-electron chi connectivity index (χ4n) is 14.0. The summed E-state index contributed by atoms with van der Waals surface area (Å²) in [6.45, 7) is 18.2. The number of unbranched alkanes of at least 4 members (excludes halogenated alkanes) is 2. The van der Waals surface area contributed by atoms with E-state index in [0.29, 0.717) is 51.4 Å². The van der Waals surface area contributed by atoms with E-state index in [9.17, 15) is 28.8 Å². The molecule has 12 heteroatoms. The molecule has 0 aromatic heterocycles. The largest absolute Gasteiger partial charge is 0.352 e. The van der Waals surface area contributed by atoms with Crippen molar-refractivity contribution in [3.05, 3.63) is 428 Å². The summed E-state index contributed by atoms with van der Waals surface area (Å²) in [5.74, 6) is 38.2. The van der Waals surface area contributed by atoms with Crippen LogP contribution in [0, 0.1) is 82.4 Å². The monoisotopic (exact) mass is 1780 g/mol. The van der Waals surface area contributed by atoms with E-state index in [1.54, 1.807) is 14.7 Å². The molecular weight excluding hydrogens is 1660 g/mol. The maximum absolute atomic E-state index is 12.4. The summed E-state index contributed by atoms with van der Waals surface area (Å²) in [7, 11) is 5.54. The van der Waals surface area contributed by atoms with Gasteiger partial charge in [0.2, 0.25) is 0 Å². The minimum atomic E-state index is -0.0151. The normalized spacial score (nSPS) is 11.5. The highest BCUT2D eigenvalue weighted by molar-refractivity contribution is 5.97. The van der Waals surface area contributed by atoms with Crippen molar-refractivity contribution in [3.63, 3.8) is 0 Å². The molecule has 0 aliphatic heterocycles. The highest BCUT2D eigenvalue weighted by atomic mass is 16.2. The molecule has 0 unspecified atom stereocenters. The van der Waals surface area contributed by atoms with Crippen molar-refractivity contribution in [2.45, 2.75) is 157 Å². The standard InChI is InChI=1S/C22H25NO.C21H21NO.C21H23NO.C20H19NO.C20H21NO.C19H19NO/c1-22(2,3)16-17-23(4)21(24)20-14-12-19(13-15-20)11-10-18-8-6-5-7-9-18;23-21(22-20-9-5-2-6-10-20)19-15-13-18(14-16-19)12-11-17-7-3-1-4-8-17;1-17(2)15-16-22(3)21(23)20-13-11-19(12-14-20)10-9-18-7-5-4-6-8-18;22-20(21-19-8-4-5-9-19)18-14-12-17(13-15-18)11-10-16-6-2-1-3-7-16;1-2-3-7-16-21-20(22)19-14-12-18(13-15-19)11-10-17-8-5-4-6-9-17;1-3-15-20(2)19(21)18-13-11-17(12-14-18)10-9-16-7-5-4-6-8-16/h5-9,12-15H,16-17H2,1-4H3;1,3-4,7-8,13-16,20H,2,5-6,9-10H2,(H,22,23);4-8,11-14,17H,15-16H2,1-3H3;1-3,6-7,12-15,19H,4-5,8-9H2,(H,21,22);4-6,8-9,12-15H,2-3,7,16H2,1H3,(H,21,22);4-8,11-14H,3,15H2,1-2H3. The van der Waals surface area contributed by atoms with Gasteiger partial charge >= 0.3 is 0 Å². The molecular formula is C123H128N6O6. The first-order valence-corrected chi connectivity index (χ1v) is 47.2. The summed E-state index contributed by atoms with van der Waals surface area (Å²) in [5.41, 5.74) is 15.9. The van der Waals surface area contributed by atoms with Crippen LogP contribution in [-0.4, -0.2) is 110 Å². The Kier molecular flexibility index (Phi) is 44.4. The molecule has 3 N–H and O–H groups in total. The Balaban J connectivity index is 0.000000182. The fourth-order valence-corrected chi connectivity index (χ4v) is 14.0. The molecule has 12 aromatic rings. The molecule has 135 heavy (non-hydrogen) atoms. The van der Waals surface area contributed by atoms with Crippen molar-refractivity contribution < 1.29 is 28.8 Å². The molecule has 14 rings (SSSR count). The summed E-state index contributed by atoms with van der Waals surface area (Å²) in [4.78, 5) is 78.6. The van der Waals surface area contributed by atoms with Gasteiger partial charge in [0, 0.05) is 160 Å². The SMILES string of the molecule is CC(C)CCN(C)C(=O)c1ccc(C#Cc2ccccc2)cc1.CCCCCNC(=O)c1ccc(C#Cc2ccccc2)cc1.CCCN(C)C(=O)c1ccc(C#Cc2ccccc2)cc1.CN(CCC(C)(C)C)C(=O)c1ccc(C#Cc2ccccc2)cc1.O=C(NC1CCCC1)c1ccc(C#Cc2ccccc2)cc1.O=C(NC1CCCCC1)c1ccc(C#Cc2ccccc2)cc1. The molecule has 0 atom stereocenters. The van der Waals surface area contributed by atoms with Gasteiger partial charge in [0.15, 0.2) is 0 Å². The predicted octanol–water partition coefficient (Wildman–Crippen LogP) is 24.3. The van der Waals surface area contributed by atoms with Gasteiger partial charge in [-0.25, -0.2) is 0 Å². The van der Waals surface area contributed by atoms with Crippen molar-refractivity contribution in [3.8, 4) is 71.0 Å². The first-order chi connectivity index (χ1) is 65.5. The summed E-state index contributed by atoms with van der Waals surface area (Å²) in [6.07, 6.45) is 16.9. The number of amides is 6. The Hall–Kier alpha value is -15.2. The Labute approximate surface area is 804 Å².